The first-order valence-electron chi connectivity index (χ1n) is 7.38. The zero-order chi connectivity index (χ0) is 17.6. The fraction of sp³-hybridized carbons (Fsp3) is 0.250. The molecule has 1 aromatic carbocycles. The number of carbonyl (C=O) groups excluding carboxylic acids is 1. The number of anilines is 1. The molecule has 9 heteroatoms. The lowest BCUT2D eigenvalue weighted by molar-refractivity contribution is -0.115. The molecule has 1 amide bonds. The maximum atomic E-state index is 12.1. The van der Waals surface area contributed by atoms with Gasteiger partial charge in [0.15, 0.2) is 0 Å². The lowest BCUT2D eigenvalue weighted by Gasteiger charge is -2.01. The van der Waals surface area contributed by atoms with E-state index in [0.29, 0.717) is 22.4 Å². The molecule has 130 valence electrons. The maximum Gasteiger partial charge on any atom is 0.232 e. The molecule has 0 radical (unpaired) electrons. The summed E-state index contributed by atoms with van der Waals surface area (Å²) >= 11 is 2.78. The van der Waals surface area contributed by atoms with Crippen molar-refractivity contribution in [3.8, 4) is 16.3 Å². The van der Waals surface area contributed by atoms with Gasteiger partial charge in [-0.05, 0) is 12.1 Å². The second-order valence-electron chi connectivity index (χ2n) is 5.03. The van der Waals surface area contributed by atoms with Gasteiger partial charge in [-0.15, -0.1) is 21.5 Å². The summed E-state index contributed by atoms with van der Waals surface area (Å²) in [6.07, 6.45) is 0.180. The smallest absolute Gasteiger partial charge is 0.232 e. The number of hydrogen-bond donors (Lipinski definition) is 1. The van der Waals surface area contributed by atoms with Crippen LogP contribution in [0.15, 0.2) is 29.6 Å². The van der Waals surface area contributed by atoms with Crippen molar-refractivity contribution in [3.05, 3.63) is 40.3 Å². The summed E-state index contributed by atoms with van der Waals surface area (Å²) in [7, 11) is 3.21. The number of thiazole rings is 1. The van der Waals surface area contributed by atoms with Crippen LogP contribution in [0.3, 0.4) is 0 Å². The van der Waals surface area contributed by atoms with Gasteiger partial charge in [-0.3, -0.25) is 4.79 Å². The van der Waals surface area contributed by atoms with Gasteiger partial charge < -0.3 is 14.8 Å². The zero-order valence-corrected chi connectivity index (χ0v) is 15.3. The van der Waals surface area contributed by atoms with Gasteiger partial charge in [0.2, 0.25) is 11.0 Å². The molecule has 25 heavy (non-hydrogen) atoms. The normalized spacial score (nSPS) is 10.6. The molecule has 3 rings (SSSR count). The van der Waals surface area contributed by atoms with Crippen LogP contribution in [0.4, 0.5) is 5.13 Å². The van der Waals surface area contributed by atoms with Crippen LogP contribution >= 0.6 is 22.7 Å². The van der Waals surface area contributed by atoms with Crippen molar-refractivity contribution in [2.75, 3.05) is 19.5 Å². The van der Waals surface area contributed by atoms with E-state index >= 15 is 0 Å². The van der Waals surface area contributed by atoms with E-state index in [2.05, 4.69) is 20.5 Å². The Morgan fingerprint density at radius 1 is 1.28 bits per heavy atom. The Labute approximate surface area is 152 Å². The summed E-state index contributed by atoms with van der Waals surface area (Å²) in [4.78, 5) is 16.7. The van der Waals surface area contributed by atoms with Gasteiger partial charge in [-0.25, -0.2) is 4.98 Å². The molecule has 2 heterocycles. The number of methoxy groups -OCH3 is 2. The number of benzene rings is 1. The van der Waals surface area contributed by atoms with Crippen LogP contribution < -0.4 is 10.1 Å². The van der Waals surface area contributed by atoms with Crippen molar-refractivity contribution < 1.29 is 14.3 Å². The fourth-order valence-electron chi connectivity index (χ4n) is 2.09. The Morgan fingerprint density at radius 2 is 2.16 bits per heavy atom. The van der Waals surface area contributed by atoms with Crippen molar-refractivity contribution >= 4 is 33.7 Å². The number of rotatable bonds is 7. The minimum absolute atomic E-state index is 0.178. The third-order valence-corrected chi connectivity index (χ3v) is 4.94. The van der Waals surface area contributed by atoms with E-state index in [1.807, 2.05) is 29.6 Å². The molecule has 0 aliphatic rings. The number of aromatic nitrogens is 3. The third kappa shape index (κ3) is 4.59. The topological polar surface area (TPSA) is 86.2 Å². The summed E-state index contributed by atoms with van der Waals surface area (Å²) < 4.78 is 10.2. The summed E-state index contributed by atoms with van der Waals surface area (Å²) in [5, 5.41) is 14.5. The van der Waals surface area contributed by atoms with E-state index in [1.54, 1.807) is 14.2 Å². The van der Waals surface area contributed by atoms with E-state index in [1.165, 1.54) is 22.7 Å². The van der Waals surface area contributed by atoms with Gasteiger partial charge in [0, 0.05) is 18.1 Å². The Morgan fingerprint density at radius 3 is 2.96 bits per heavy atom. The van der Waals surface area contributed by atoms with E-state index in [0.717, 1.165) is 16.3 Å². The molecule has 0 spiro atoms. The van der Waals surface area contributed by atoms with E-state index in [9.17, 15) is 4.79 Å². The fourth-order valence-corrected chi connectivity index (χ4v) is 3.64. The van der Waals surface area contributed by atoms with Gasteiger partial charge in [-0.1, -0.05) is 23.5 Å². The second-order valence-corrected chi connectivity index (χ2v) is 6.96. The first-order valence-corrected chi connectivity index (χ1v) is 9.07. The summed E-state index contributed by atoms with van der Waals surface area (Å²) in [6.45, 7) is 0.378. The van der Waals surface area contributed by atoms with Gasteiger partial charge >= 0.3 is 0 Å². The average Bonchev–Trinajstić information content (AvgIpc) is 3.25. The first-order chi connectivity index (χ1) is 12.2. The van der Waals surface area contributed by atoms with E-state index in [-0.39, 0.29) is 12.3 Å². The lowest BCUT2D eigenvalue weighted by Crippen LogP contribution is -2.14. The number of hydrogen-bond acceptors (Lipinski definition) is 8. The van der Waals surface area contributed by atoms with Crippen molar-refractivity contribution in [3.63, 3.8) is 0 Å². The largest absolute Gasteiger partial charge is 0.497 e. The van der Waals surface area contributed by atoms with Crippen LogP contribution in [0.5, 0.6) is 5.75 Å². The van der Waals surface area contributed by atoms with Crippen LogP contribution in [-0.4, -0.2) is 35.3 Å². The van der Waals surface area contributed by atoms with Crippen LogP contribution in [-0.2, 0) is 22.6 Å². The van der Waals surface area contributed by atoms with Gasteiger partial charge in [-0.2, -0.15) is 0 Å². The SMILES string of the molecule is COCc1nnc(NC(=O)Cc2csc(-c3cccc(OC)c3)n2)s1. The number of nitrogens with zero attached hydrogens (tertiary/aromatic N) is 3. The Kier molecular flexibility index (Phi) is 5.69. The molecule has 0 fully saturated rings. The van der Waals surface area contributed by atoms with Gasteiger partial charge in [0.25, 0.3) is 0 Å². The third-order valence-electron chi connectivity index (χ3n) is 3.19. The number of carbonyl (C=O) groups is 1. The molecular weight excluding hydrogens is 360 g/mol. The molecule has 2 aromatic heterocycles. The molecule has 3 aromatic rings. The molecule has 7 nitrogen and oxygen atoms in total. The Bertz CT molecular complexity index is 862. The predicted molar refractivity (Wildman–Crippen MR) is 97.1 cm³/mol. The van der Waals surface area contributed by atoms with Crippen molar-refractivity contribution in [1.29, 1.82) is 0 Å². The predicted octanol–water partition coefficient (Wildman–Crippen LogP) is 3.00. The van der Waals surface area contributed by atoms with Crippen molar-refractivity contribution in [2.45, 2.75) is 13.0 Å². The molecule has 0 saturated carbocycles. The molecule has 0 unspecified atom stereocenters. The maximum absolute atomic E-state index is 12.1. The Balaban J connectivity index is 1.63. The number of amides is 1. The molecule has 0 bridgehead atoms. The molecule has 1 N–H and O–H groups in total. The Hall–Kier alpha value is -2.36. The molecule has 0 aliphatic heterocycles. The second kappa shape index (κ2) is 8.15. The van der Waals surface area contributed by atoms with E-state index in [4.69, 9.17) is 9.47 Å². The molecule has 0 aliphatic carbocycles. The zero-order valence-electron chi connectivity index (χ0n) is 13.7. The van der Waals surface area contributed by atoms with Crippen LogP contribution in [0.25, 0.3) is 10.6 Å². The highest BCUT2D eigenvalue weighted by molar-refractivity contribution is 7.15. The number of nitrogens with one attached hydrogen (secondary N) is 1. The highest BCUT2D eigenvalue weighted by Gasteiger charge is 2.12. The average molecular weight is 376 g/mol. The van der Waals surface area contributed by atoms with Crippen molar-refractivity contribution in [1.82, 2.24) is 15.2 Å². The lowest BCUT2D eigenvalue weighted by atomic mass is 10.2. The van der Waals surface area contributed by atoms with Crippen LogP contribution in [0.1, 0.15) is 10.7 Å². The quantitative estimate of drug-likeness (QED) is 0.682. The monoisotopic (exact) mass is 376 g/mol. The first kappa shape index (κ1) is 17.5. The summed E-state index contributed by atoms with van der Waals surface area (Å²) in [5.41, 5.74) is 1.67. The highest BCUT2D eigenvalue weighted by Crippen LogP contribution is 2.27. The van der Waals surface area contributed by atoms with Gasteiger partial charge in [0.1, 0.15) is 22.4 Å². The van der Waals surface area contributed by atoms with Crippen molar-refractivity contribution in [2.24, 2.45) is 0 Å². The van der Waals surface area contributed by atoms with Crippen LogP contribution in [0.2, 0.25) is 0 Å². The summed E-state index contributed by atoms with van der Waals surface area (Å²) in [6, 6.07) is 7.67. The molecule has 0 saturated heterocycles. The van der Waals surface area contributed by atoms with Gasteiger partial charge in [0.05, 0.1) is 19.2 Å². The minimum Gasteiger partial charge on any atom is -0.497 e. The standard InChI is InChI=1S/C16H16N4O3S2/c1-22-8-14-19-20-16(25-14)18-13(21)7-11-9-24-15(17-11)10-4-3-5-12(6-10)23-2/h3-6,9H,7-8H2,1-2H3,(H,18,20,21). The highest BCUT2D eigenvalue weighted by atomic mass is 32.1. The van der Waals surface area contributed by atoms with Crippen LogP contribution in [0, 0.1) is 0 Å². The number of ether oxygens (including phenoxy) is 2. The molecule has 0 atom stereocenters. The molecular formula is C16H16N4O3S2. The van der Waals surface area contributed by atoms with E-state index < -0.39 is 0 Å². The minimum atomic E-state index is -0.178. The summed E-state index contributed by atoms with van der Waals surface area (Å²) in [5.74, 6) is 0.595.